The molecule has 0 spiro atoms. The van der Waals surface area contributed by atoms with Gasteiger partial charge < -0.3 is 20.4 Å². The molecular weight excluding hydrogens is 272 g/mol. The molecule has 1 saturated carbocycles. The Balaban J connectivity index is 1.89. The largest absolute Gasteiger partial charge is 0.481 e. The van der Waals surface area contributed by atoms with E-state index in [-0.39, 0.29) is 24.0 Å². The van der Waals surface area contributed by atoms with Crippen molar-refractivity contribution in [2.75, 3.05) is 6.54 Å². The van der Waals surface area contributed by atoms with Crippen LogP contribution < -0.4 is 5.32 Å². The maximum atomic E-state index is 12.4. The Morgan fingerprint density at radius 2 is 1.86 bits per heavy atom. The highest BCUT2D eigenvalue weighted by molar-refractivity contribution is 5.76. The minimum atomic E-state index is -0.777. The molecule has 6 heteroatoms. The van der Waals surface area contributed by atoms with E-state index in [9.17, 15) is 14.7 Å². The summed E-state index contributed by atoms with van der Waals surface area (Å²) < 4.78 is 0. The lowest BCUT2D eigenvalue weighted by atomic mass is 9.92. The van der Waals surface area contributed by atoms with Crippen molar-refractivity contribution in [1.29, 1.82) is 0 Å². The average Bonchev–Trinajstić information content (AvgIpc) is 2.63. The summed E-state index contributed by atoms with van der Waals surface area (Å²) >= 11 is 0. The van der Waals surface area contributed by atoms with Gasteiger partial charge in [-0.2, -0.15) is 0 Å². The number of carboxylic acids is 1. The van der Waals surface area contributed by atoms with E-state index in [0.717, 1.165) is 32.1 Å². The zero-order chi connectivity index (χ0) is 15.4. The van der Waals surface area contributed by atoms with Gasteiger partial charge in [-0.25, -0.2) is 4.79 Å². The van der Waals surface area contributed by atoms with Crippen LogP contribution >= 0.6 is 0 Å². The van der Waals surface area contributed by atoms with Crippen LogP contribution in [0.5, 0.6) is 0 Å². The molecule has 1 saturated heterocycles. The number of amides is 2. The second-order valence-corrected chi connectivity index (χ2v) is 6.36. The molecule has 4 unspecified atom stereocenters. The molecule has 2 rings (SSSR count). The third-order valence-electron chi connectivity index (χ3n) is 4.77. The number of carboxylic acid groups (broad SMARTS) is 1. The number of urea groups is 1. The number of aliphatic carboxylic acids is 1. The topological polar surface area (TPSA) is 89.9 Å². The first-order valence-corrected chi connectivity index (χ1v) is 7.97. The van der Waals surface area contributed by atoms with E-state index in [2.05, 4.69) is 5.32 Å². The molecule has 0 aromatic carbocycles. The fourth-order valence-corrected chi connectivity index (χ4v) is 3.40. The lowest BCUT2D eigenvalue weighted by molar-refractivity contribution is -0.143. The van der Waals surface area contributed by atoms with Gasteiger partial charge in [0.2, 0.25) is 0 Å². The van der Waals surface area contributed by atoms with Gasteiger partial charge in [0.25, 0.3) is 0 Å². The van der Waals surface area contributed by atoms with Crippen molar-refractivity contribution in [3.63, 3.8) is 0 Å². The summed E-state index contributed by atoms with van der Waals surface area (Å²) in [7, 11) is 0. The zero-order valence-corrected chi connectivity index (χ0v) is 12.6. The monoisotopic (exact) mass is 298 g/mol. The lowest BCUT2D eigenvalue weighted by Crippen LogP contribution is -2.54. The Labute approximate surface area is 125 Å². The molecule has 2 amide bonds. The van der Waals surface area contributed by atoms with Gasteiger partial charge in [-0.1, -0.05) is 19.3 Å². The number of likely N-dealkylation sites (tertiary alicyclic amines) is 1. The van der Waals surface area contributed by atoms with Crippen LogP contribution in [0, 0.1) is 5.92 Å². The number of carbonyl (C=O) groups excluding carboxylic acids is 1. The Morgan fingerprint density at radius 3 is 2.52 bits per heavy atom. The average molecular weight is 298 g/mol. The third-order valence-corrected chi connectivity index (χ3v) is 4.77. The van der Waals surface area contributed by atoms with Gasteiger partial charge in [0.1, 0.15) is 0 Å². The lowest BCUT2D eigenvalue weighted by Gasteiger charge is -2.37. The molecule has 1 aliphatic heterocycles. The quantitative estimate of drug-likeness (QED) is 0.675. The van der Waals surface area contributed by atoms with Crippen LogP contribution in [0.1, 0.15) is 51.9 Å². The van der Waals surface area contributed by atoms with E-state index in [0.29, 0.717) is 19.4 Å². The van der Waals surface area contributed by atoms with Gasteiger partial charge in [-0.3, -0.25) is 4.79 Å². The first-order chi connectivity index (χ1) is 9.99. The number of nitrogens with zero attached hydrogens (tertiary/aromatic N) is 1. The number of nitrogens with one attached hydrogen (secondary N) is 1. The molecular formula is C15H26N2O4. The zero-order valence-electron chi connectivity index (χ0n) is 12.6. The highest BCUT2D eigenvalue weighted by atomic mass is 16.4. The molecule has 0 bridgehead atoms. The van der Waals surface area contributed by atoms with Gasteiger partial charge >= 0.3 is 12.0 Å². The summed E-state index contributed by atoms with van der Waals surface area (Å²) in [4.78, 5) is 25.1. The highest BCUT2D eigenvalue weighted by Crippen LogP contribution is 2.24. The summed E-state index contributed by atoms with van der Waals surface area (Å²) in [5.74, 6) is -1.13. The smallest absolute Gasteiger partial charge is 0.317 e. The van der Waals surface area contributed by atoms with E-state index >= 15 is 0 Å². The minimum Gasteiger partial charge on any atom is -0.481 e. The fourth-order valence-electron chi connectivity index (χ4n) is 3.40. The molecule has 21 heavy (non-hydrogen) atoms. The van der Waals surface area contributed by atoms with E-state index in [1.165, 1.54) is 0 Å². The first-order valence-electron chi connectivity index (χ1n) is 7.97. The van der Waals surface area contributed by atoms with Crippen molar-refractivity contribution >= 4 is 12.0 Å². The summed E-state index contributed by atoms with van der Waals surface area (Å²) in [6, 6.07) is -0.426. The molecule has 0 radical (unpaired) electrons. The molecule has 6 nitrogen and oxygen atoms in total. The molecule has 4 atom stereocenters. The number of piperidine rings is 1. The van der Waals surface area contributed by atoms with Crippen molar-refractivity contribution in [3.8, 4) is 0 Å². The molecule has 1 aliphatic carbocycles. The van der Waals surface area contributed by atoms with Crippen molar-refractivity contribution in [2.24, 2.45) is 5.92 Å². The van der Waals surface area contributed by atoms with Crippen LogP contribution in [-0.2, 0) is 4.79 Å². The summed E-state index contributed by atoms with van der Waals surface area (Å²) in [5, 5.41) is 22.1. The number of hydrogen-bond donors (Lipinski definition) is 3. The van der Waals surface area contributed by atoms with Crippen LogP contribution in [0.3, 0.4) is 0 Å². The third kappa shape index (κ3) is 4.09. The van der Waals surface area contributed by atoms with Crippen molar-refractivity contribution in [3.05, 3.63) is 0 Å². The van der Waals surface area contributed by atoms with E-state index in [1.807, 2.05) is 6.92 Å². The Hall–Kier alpha value is -1.30. The molecule has 2 aliphatic rings. The van der Waals surface area contributed by atoms with E-state index < -0.39 is 12.1 Å². The standard InChI is InChI=1S/C15H26N2O4/c1-10-9-11(14(19)20)7-8-17(10)15(21)16-12-5-3-2-4-6-13(12)18/h10-13,18H,2-9H2,1H3,(H,16,21)(H,19,20). The molecule has 0 aromatic heterocycles. The molecule has 120 valence electrons. The number of aliphatic hydroxyl groups is 1. The summed E-state index contributed by atoms with van der Waals surface area (Å²) in [5.41, 5.74) is 0. The first kappa shape index (κ1) is 16.1. The summed E-state index contributed by atoms with van der Waals surface area (Å²) in [6.07, 6.45) is 5.21. The predicted molar refractivity (Wildman–Crippen MR) is 77.9 cm³/mol. The molecule has 3 N–H and O–H groups in total. The van der Waals surface area contributed by atoms with Crippen molar-refractivity contribution in [1.82, 2.24) is 10.2 Å². The number of hydrogen-bond acceptors (Lipinski definition) is 3. The maximum Gasteiger partial charge on any atom is 0.317 e. The van der Waals surface area contributed by atoms with Gasteiger partial charge in [-0.05, 0) is 32.6 Å². The van der Waals surface area contributed by atoms with Gasteiger partial charge in [-0.15, -0.1) is 0 Å². The van der Waals surface area contributed by atoms with Crippen LogP contribution in [0.15, 0.2) is 0 Å². The van der Waals surface area contributed by atoms with Gasteiger partial charge in [0, 0.05) is 12.6 Å². The number of rotatable bonds is 2. The van der Waals surface area contributed by atoms with Crippen LogP contribution in [0.4, 0.5) is 4.79 Å². The molecule has 1 heterocycles. The van der Waals surface area contributed by atoms with Gasteiger partial charge in [0.05, 0.1) is 18.1 Å². The Bertz CT molecular complexity index is 388. The fraction of sp³-hybridized carbons (Fsp3) is 0.867. The van der Waals surface area contributed by atoms with Crippen LogP contribution in [-0.4, -0.2) is 51.8 Å². The minimum absolute atomic E-state index is 0.0808. The predicted octanol–water partition coefficient (Wildman–Crippen LogP) is 1.57. The molecule has 2 fully saturated rings. The van der Waals surface area contributed by atoms with E-state index in [1.54, 1.807) is 4.90 Å². The van der Waals surface area contributed by atoms with Crippen molar-refractivity contribution in [2.45, 2.75) is 70.1 Å². The second-order valence-electron chi connectivity index (χ2n) is 6.36. The highest BCUT2D eigenvalue weighted by Gasteiger charge is 2.33. The van der Waals surface area contributed by atoms with Crippen LogP contribution in [0.2, 0.25) is 0 Å². The SMILES string of the molecule is CC1CC(C(=O)O)CCN1C(=O)NC1CCCCCC1O. The second kappa shape index (κ2) is 7.11. The van der Waals surface area contributed by atoms with Crippen LogP contribution in [0.25, 0.3) is 0 Å². The molecule has 0 aromatic rings. The summed E-state index contributed by atoms with van der Waals surface area (Å²) in [6.45, 7) is 2.35. The van der Waals surface area contributed by atoms with Gasteiger partial charge in [0.15, 0.2) is 0 Å². The number of carbonyl (C=O) groups is 2. The normalized spacial score (nSPS) is 34.1. The van der Waals surface area contributed by atoms with Crippen molar-refractivity contribution < 1.29 is 19.8 Å². The Kier molecular flexibility index (Phi) is 5.45. The Morgan fingerprint density at radius 1 is 1.14 bits per heavy atom. The number of aliphatic hydroxyl groups excluding tert-OH is 1. The van der Waals surface area contributed by atoms with E-state index in [4.69, 9.17) is 5.11 Å². The maximum absolute atomic E-state index is 12.4.